The Morgan fingerprint density at radius 3 is 2.62 bits per heavy atom. The third-order valence-corrected chi connectivity index (χ3v) is 4.76. The third kappa shape index (κ3) is 5.74. The number of carbonyl (C=O) groups is 1. The Morgan fingerprint density at radius 2 is 1.88 bits per heavy atom. The Labute approximate surface area is 191 Å². The molecule has 4 rings (SSSR count). The van der Waals surface area contributed by atoms with E-state index in [1.54, 1.807) is 30.0 Å². The molecule has 1 amide bonds. The van der Waals surface area contributed by atoms with E-state index >= 15 is 0 Å². The molecule has 2 aromatic carbocycles. The molecule has 0 fully saturated rings. The molecule has 0 spiro atoms. The molecule has 34 heavy (non-hydrogen) atoms. The molecule has 0 aliphatic rings. The van der Waals surface area contributed by atoms with E-state index in [1.807, 2.05) is 24.3 Å². The number of hydrogen-bond donors (Lipinski definition) is 1. The van der Waals surface area contributed by atoms with Crippen molar-refractivity contribution in [1.29, 1.82) is 0 Å². The number of nitrogens with one attached hydrogen (secondary N) is 1. The standard InChI is InChI=1S/C23H19F3N4O4/c1-32-18-5-2-4-15(12-18)13-27-20(31)14-30-11-3-6-19(30)22-28-21(29-34-22)16-7-9-17(10-8-16)33-23(24,25)26/h2-12H,13-14H2,1H3,(H,27,31). The quantitative estimate of drug-likeness (QED) is 0.408. The van der Waals surface area contributed by atoms with Gasteiger partial charge < -0.3 is 23.9 Å². The average Bonchev–Trinajstić information content (AvgIpc) is 3.47. The van der Waals surface area contributed by atoms with Crippen LogP contribution in [0.4, 0.5) is 13.2 Å². The molecule has 0 atom stereocenters. The smallest absolute Gasteiger partial charge is 0.497 e. The number of amides is 1. The lowest BCUT2D eigenvalue weighted by atomic mass is 10.2. The van der Waals surface area contributed by atoms with Crippen LogP contribution in [-0.4, -0.2) is 34.1 Å². The highest BCUT2D eigenvalue weighted by Crippen LogP contribution is 2.27. The lowest BCUT2D eigenvalue weighted by molar-refractivity contribution is -0.274. The first-order valence-electron chi connectivity index (χ1n) is 10.1. The second-order valence-corrected chi connectivity index (χ2v) is 7.14. The highest BCUT2D eigenvalue weighted by atomic mass is 19.4. The number of halogens is 3. The normalized spacial score (nSPS) is 11.3. The molecule has 0 radical (unpaired) electrons. The van der Waals surface area contributed by atoms with E-state index in [9.17, 15) is 18.0 Å². The van der Waals surface area contributed by atoms with E-state index in [0.29, 0.717) is 23.6 Å². The summed E-state index contributed by atoms with van der Waals surface area (Å²) in [4.78, 5) is 16.8. The number of methoxy groups -OCH3 is 1. The molecular weight excluding hydrogens is 453 g/mol. The summed E-state index contributed by atoms with van der Waals surface area (Å²) in [6.07, 6.45) is -3.07. The lowest BCUT2D eigenvalue weighted by Gasteiger charge is -2.09. The fourth-order valence-electron chi connectivity index (χ4n) is 3.19. The molecule has 0 aliphatic carbocycles. The van der Waals surface area contributed by atoms with Gasteiger partial charge in [0.1, 0.15) is 23.7 Å². The summed E-state index contributed by atoms with van der Waals surface area (Å²) < 4.78 is 53.0. The van der Waals surface area contributed by atoms with Crippen LogP contribution in [0.15, 0.2) is 71.4 Å². The maximum Gasteiger partial charge on any atom is 0.573 e. The van der Waals surface area contributed by atoms with Crippen LogP contribution in [0, 0.1) is 0 Å². The predicted octanol–water partition coefficient (Wildman–Crippen LogP) is 4.43. The van der Waals surface area contributed by atoms with E-state index in [4.69, 9.17) is 9.26 Å². The van der Waals surface area contributed by atoms with E-state index in [2.05, 4.69) is 20.2 Å². The van der Waals surface area contributed by atoms with Crippen LogP contribution in [0.2, 0.25) is 0 Å². The van der Waals surface area contributed by atoms with Crippen molar-refractivity contribution >= 4 is 5.91 Å². The van der Waals surface area contributed by atoms with Crippen LogP contribution in [0.5, 0.6) is 11.5 Å². The highest BCUT2D eigenvalue weighted by Gasteiger charge is 2.31. The van der Waals surface area contributed by atoms with Crippen LogP contribution in [0.25, 0.3) is 23.0 Å². The van der Waals surface area contributed by atoms with Crippen LogP contribution >= 0.6 is 0 Å². The minimum atomic E-state index is -4.77. The summed E-state index contributed by atoms with van der Waals surface area (Å²) in [5, 5.41) is 6.73. The van der Waals surface area contributed by atoms with Crippen molar-refractivity contribution in [2.75, 3.05) is 7.11 Å². The van der Waals surface area contributed by atoms with Gasteiger partial charge in [0.25, 0.3) is 5.89 Å². The zero-order valence-electron chi connectivity index (χ0n) is 17.9. The first-order chi connectivity index (χ1) is 16.3. The lowest BCUT2D eigenvalue weighted by Crippen LogP contribution is -2.27. The highest BCUT2D eigenvalue weighted by molar-refractivity contribution is 5.76. The van der Waals surface area contributed by atoms with Gasteiger partial charge in [-0.25, -0.2) is 0 Å². The van der Waals surface area contributed by atoms with Crippen LogP contribution in [-0.2, 0) is 17.9 Å². The summed E-state index contributed by atoms with van der Waals surface area (Å²) in [5.41, 5.74) is 1.86. The summed E-state index contributed by atoms with van der Waals surface area (Å²) in [5.74, 6) is 0.475. The molecule has 0 bridgehead atoms. The van der Waals surface area contributed by atoms with E-state index in [0.717, 1.165) is 17.7 Å². The molecule has 0 saturated carbocycles. The second kappa shape index (κ2) is 9.69. The molecule has 2 heterocycles. The Bertz CT molecular complexity index is 1270. The molecule has 0 unspecified atom stereocenters. The molecule has 8 nitrogen and oxygen atoms in total. The maximum atomic E-state index is 12.5. The summed E-state index contributed by atoms with van der Waals surface area (Å²) in [7, 11) is 1.57. The molecule has 11 heteroatoms. The Balaban J connectivity index is 1.41. The number of alkyl halides is 3. The number of rotatable bonds is 8. The monoisotopic (exact) mass is 472 g/mol. The topological polar surface area (TPSA) is 91.4 Å². The Kier molecular flexibility index (Phi) is 6.53. The molecular formula is C23H19F3N4O4. The minimum absolute atomic E-state index is 0.0213. The first-order valence-corrected chi connectivity index (χ1v) is 10.1. The van der Waals surface area contributed by atoms with Crippen molar-refractivity contribution in [3.63, 3.8) is 0 Å². The number of hydrogen-bond acceptors (Lipinski definition) is 6. The number of carbonyl (C=O) groups excluding carboxylic acids is 1. The van der Waals surface area contributed by atoms with Crippen molar-refractivity contribution in [1.82, 2.24) is 20.0 Å². The van der Waals surface area contributed by atoms with E-state index in [-0.39, 0.29) is 29.9 Å². The molecule has 0 aliphatic heterocycles. The number of aromatic nitrogens is 3. The van der Waals surface area contributed by atoms with Crippen LogP contribution in [0.1, 0.15) is 5.56 Å². The van der Waals surface area contributed by atoms with E-state index < -0.39 is 6.36 Å². The van der Waals surface area contributed by atoms with Crippen molar-refractivity contribution in [2.24, 2.45) is 0 Å². The average molecular weight is 472 g/mol. The molecule has 4 aromatic rings. The molecule has 176 valence electrons. The van der Waals surface area contributed by atoms with Crippen LogP contribution < -0.4 is 14.8 Å². The Hall–Kier alpha value is -4.28. The SMILES string of the molecule is COc1cccc(CNC(=O)Cn2cccc2-c2nc(-c3ccc(OC(F)(F)F)cc3)no2)c1. The van der Waals surface area contributed by atoms with Crippen LogP contribution in [0.3, 0.4) is 0 Å². The van der Waals surface area contributed by atoms with Gasteiger partial charge in [0.15, 0.2) is 0 Å². The third-order valence-electron chi connectivity index (χ3n) is 4.76. The van der Waals surface area contributed by atoms with Gasteiger partial charge in [-0.1, -0.05) is 17.3 Å². The van der Waals surface area contributed by atoms with Gasteiger partial charge in [-0.2, -0.15) is 4.98 Å². The largest absolute Gasteiger partial charge is 0.573 e. The van der Waals surface area contributed by atoms with Gasteiger partial charge in [-0.05, 0) is 54.1 Å². The molecule has 2 aromatic heterocycles. The predicted molar refractivity (Wildman–Crippen MR) is 115 cm³/mol. The minimum Gasteiger partial charge on any atom is -0.497 e. The maximum absolute atomic E-state index is 12.5. The zero-order chi connectivity index (χ0) is 24.1. The number of nitrogens with zero attached hydrogens (tertiary/aromatic N) is 3. The molecule has 1 N–H and O–H groups in total. The fraction of sp³-hybridized carbons (Fsp3) is 0.174. The number of benzene rings is 2. The number of ether oxygens (including phenoxy) is 2. The van der Waals surface area contributed by atoms with Gasteiger partial charge in [-0.15, -0.1) is 13.2 Å². The fourth-order valence-corrected chi connectivity index (χ4v) is 3.19. The van der Waals surface area contributed by atoms with Gasteiger partial charge >= 0.3 is 6.36 Å². The van der Waals surface area contributed by atoms with Crippen molar-refractivity contribution in [2.45, 2.75) is 19.5 Å². The van der Waals surface area contributed by atoms with Crippen molar-refractivity contribution in [3.05, 3.63) is 72.4 Å². The zero-order valence-corrected chi connectivity index (χ0v) is 17.9. The second-order valence-electron chi connectivity index (χ2n) is 7.14. The first kappa shape index (κ1) is 22.9. The van der Waals surface area contributed by atoms with Crippen molar-refractivity contribution < 1.29 is 32.0 Å². The summed E-state index contributed by atoms with van der Waals surface area (Å²) >= 11 is 0. The van der Waals surface area contributed by atoms with Gasteiger partial charge in [0, 0.05) is 18.3 Å². The van der Waals surface area contributed by atoms with Gasteiger partial charge in [0.2, 0.25) is 11.7 Å². The van der Waals surface area contributed by atoms with Crippen molar-refractivity contribution in [3.8, 4) is 34.5 Å². The Morgan fingerprint density at radius 1 is 1.09 bits per heavy atom. The van der Waals surface area contributed by atoms with Gasteiger partial charge in [0.05, 0.1) is 7.11 Å². The summed E-state index contributed by atoms with van der Waals surface area (Å²) in [6.45, 7) is 0.360. The van der Waals surface area contributed by atoms with Gasteiger partial charge in [-0.3, -0.25) is 4.79 Å². The van der Waals surface area contributed by atoms with E-state index in [1.165, 1.54) is 12.1 Å². The summed E-state index contributed by atoms with van der Waals surface area (Å²) in [6, 6.07) is 15.9. The molecule has 0 saturated heterocycles.